The van der Waals surface area contributed by atoms with Gasteiger partial charge in [0.15, 0.2) is 0 Å². The lowest BCUT2D eigenvalue weighted by Gasteiger charge is -2.08. The van der Waals surface area contributed by atoms with E-state index in [-0.39, 0.29) is 18.0 Å². The minimum atomic E-state index is -0.382. The van der Waals surface area contributed by atoms with Crippen molar-refractivity contribution in [3.63, 3.8) is 0 Å². The van der Waals surface area contributed by atoms with Crippen LogP contribution in [0.1, 0.15) is 18.9 Å². The van der Waals surface area contributed by atoms with Crippen LogP contribution < -0.4 is 15.6 Å². The van der Waals surface area contributed by atoms with Crippen molar-refractivity contribution < 1.29 is 9.53 Å². The van der Waals surface area contributed by atoms with Crippen molar-refractivity contribution >= 4 is 22.4 Å². The molecule has 0 aliphatic rings. The molecule has 0 saturated heterocycles. The maximum Gasteiger partial charge on any atom is 0.267 e. The molecule has 3 aromatic rings. The lowest BCUT2D eigenvalue weighted by molar-refractivity contribution is -0.117. The largest absolute Gasteiger partial charge is 0.494 e. The first-order valence-electron chi connectivity index (χ1n) is 8.52. The van der Waals surface area contributed by atoms with Crippen molar-refractivity contribution in [3.8, 4) is 17.0 Å². The molecule has 0 saturated carbocycles. The Morgan fingerprint density at radius 1 is 1.15 bits per heavy atom. The highest BCUT2D eigenvalue weighted by Gasteiger charge is 2.11. The van der Waals surface area contributed by atoms with Crippen LogP contribution in [0.2, 0.25) is 0 Å². The molecule has 8 nitrogen and oxygen atoms in total. The van der Waals surface area contributed by atoms with Crippen LogP contribution >= 0.6 is 11.3 Å². The first kappa shape index (κ1) is 18.7. The lowest BCUT2D eigenvalue weighted by Crippen LogP contribution is -2.29. The maximum absolute atomic E-state index is 12.2. The molecule has 0 unspecified atom stereocenters. The Hall–Kier alpha value is -3.07. The molecule has 0 fully saturated rings. The molecule has 0 atom stereocenters. The topological polar surface area (TPSA) is 99.0 Å². The minimum Gasteiger partial charge on any atom is -0.494 e. The van der Waals surface area contributed by atoms with E-state index in [0.29, 0.717) is 17.4 Å². The number of ether oxygens (including phenoxy) is 1. The van der Waals surface area contributed by atoms with Crippen molar-refractivity contribution in [1.29, 1.82) is 0 Å². The molecule has 0 aliphatic heterocycles. The van der Waals surface area contributed by atoms with E-state index >= 15 is 0 Å². The molecule has 9 heteroatoms. The molecule has 2 heterocycles. The second-order valence-electron chi connectivity index (χ2n) is 5.57. The number of carbonyl (C=O) groups excluding carboxylic acids is 1. The lowest BCUT2D eigenvalue weighted by atomic mass is 10.1. The third kappa shape index (κ3) is 4.76. The molecule has 140 valence electrons. The van der Waals surface area contributed by atoms with E-state index in [2.05, 4.69) is 20.6 Å². The quantitative estimate of drug-likeness (QED) is 0.670. The molecular weight excluding hydrogens is 366 g/mol. The molecule has 0 spiro atoms. The van der Waals surface area contributed by atoms with Gasteiger partial charge in [0.1, 0.15) is 17.3 Å². The predicted molar refractivity (Wildman–Crippen MR) is 103 cm³/mol. The number of aryl methyl sites for hydroxylation is 1. The van der Waals surface area contributed by atoms with Gasteiger partial charge in [0.25, 0.3) is 5.56 Å². The Morgan fingerprint density at radius 3 is 2.59 bits per heavy atom. The molecule has 1 amide bonds. The van der Waals surface area contributed by atoms with Gasteiger partial charge in [0, 0.05) is 11.6 Å². The summed E-state index contributed by atoms with van der Waals surface area (Å²) in [6.07, 6.45) is 0.749. The van der Waals surface area contributed by atoms with Crippen LogP contribution in [0.5, 0.6) is 5.75 Å². The van der Waals surface area contributed by atoms with Crippen molar-refractivity contribution in [2.45, 2.75) is 26.8 Å². The summed E-state index contributed by atoms with van der Waals surface area (Å²) in [7, 11) is 0. The highest BCUT2D eigenvalue weighted by Crippen LogP contribution is 2.20. The van der Waals surface area contributed by atoms with Gasteiger partial charge >= 0.3 is 0 Å². The second kappa shape index (κ2) is 8.54. The van der Waals surface area contributed by atoms with E-state index in [1.807, 2.05) is 38.1 Å². The zero-order chi connectivity index (χ0) is 19.2. The van der Waals surface area contributed by atoms with Crippen molar-refractivity contribution in [2.75, 3.05) is 11.9 Å². The molecule has 0 bridgehead atoms. The molecule has 0 aliphatic carbocycles. The van der Waals surface area contributed by atoms with Gasteiger partial charge in [-0.1, -0.05) is 18.3 Å². The Morgan fingerprint density at radius 2 is 1.93 bits per heavy atom. The zero-order valence-electron chi connectivity index (χ0n) is 15.0. The van der Waals surface area contributed by atoms with E-state index in [1.165, 1.54) is 17.4 Å². The summed E-state index contributed by atoms with van der Waals surface area (Å²) in [4.78, 5) is 24.3. The van der Waals surface area contributed by atoms with Crippen LogP contribution in [0.25, 0.3) is 11.3 Å². The summed E-state index contributed by atoms with van der Waals surface area (Å²) >= 11 is 1.31. The SMILES string of the molecule is CCOc1ccc(-c2ccc(=O)n(CC(=O)Nc3nnc(CC)s3)n2)cc1. The standard InChI is InChI=1S/C18H19N5O3S/c1-3-16-20-21-18(27-16)19-15(24)11-23-17(25)10-9-14(22-23)12-5-7-13(8-6-12)26-4-2/h5-10H,3-4,11H2,1-2H3,(H,19,21,24). The van der Waals surface area contributed by atoms with Crippen LogP contribution in [-0.4, -0.2) is 32.5 Å². The Kier molecular flexibility index (Phi) is 5.92. The fourth-order valence-electron chi connectivity index (χ4n) is 2.35. The van der Waals surface area contributed by atoms with Gasteiger partial charge in [-0.25, -0.2) is 4.68 Å². The van der Waals surface area contributed by atoms with Crippen molar-refractivity contribution in [3.05, 3.63) is 51.8 Å². The summed E-state index contributed by atoms with van der Waals surface area (Å²) in [6.45, 7) is 4.26. The van der Waals surface area contributed by atoms with Gasteiger partial charge in [-0.05, 0) is 43.7 Å². The number of anilines is 1. The number of hydrogen-bond donors (Lipinski definition) is 1. The van der Waals surface area contributed by atoms with Crippen molar-refractivity contribution in [2.24, 2.45) is 0 Å². The highest BCUT2D eigenvalue weighted by atomic mass is 32.1. The maximum atomic E-state index is 12.2. The van der Waals surface area contributed by atoms with Crippen molar-refractivity contribution in [1.82, 2.24) is 20.0 Å². The number of nitrogens with one attached hydrogen (secondary N) is 1. The average Bonchev–Trinajstić information content (AvgIpc) is 3.12. The number of amides is 1. The number of hydrogen-bond acceptors (Lipinski definition) is 7. The number of benzene rings is 1. The van der Waals surface area contributed by atoms with Gasteiger partial charge in [0.2, 0.25) is 11.0 Å². The summed E-state index contributed by atoms with van der Waals surface area (Å²) < 4.78 is 6.55. The van der Waals surface area contributed by atoms with Crippen LogP contribution in [-0.2, 0) is 17.8 Å². The number of nitrogens with zero attached hydrogens (tertiary/aromatic N) is 4. The van der Waals surface area contributed by atoms with Gasteiger partial charge in [0.05, 0.1) is 12.3 Å². The molecule has 3 rings (SSSR count). The Bertz CT molecular complexity index is 981. The molecule has 27 heavy (non-hydrogen) atoms. The summed E-state index contributed by atoms with van der Waals surface area (Å²) in [5, 5.41) is 16.0. The monoisotopic (exact) mass is 385 g/mol. The van der Waals surface area contributed by atoms with Crippen LogP contribution in [0, 0.1) is 0 Å². The zero-order valence-corrected chi connectivity index (χ0v) is 15.8. The van der Waals surface area contributed by atoms with E-state index in [0.717, 1.165) is 27.4 Å². The average molecular weight is 385 g/mol. The first-order chi connectivity index (χ1) is 13.1. The molecular formula is C18H19N5O3S. The Balaban J connectivity index is 1.74. The summed E-state index contributed by atoms with van der Waals surface area (Å²) in [5.74, 6) is 0.379. The third-order valence-electron chi connectivity index (χ3n) is 3.64. The van der Waals surface area contributed by atoms with Gasteiger partial charge in [-0.3, -0.25) is 14.9 Å². The molecule has 1 aromatic carbocycles. The molecule has 2 aromatic heterocycles. The number of rotatable bonds is 7. The van der Waals surface area contributed by atoms with E-state index in [1.54, 1.807) is 6.07 Å². The van der Waals surface area contributed by atoms with Gasteiger partial charge < -0.3 is 4.74 Å². The van der Waals surface area contributed by atoms with E-state index in [4.69, 9.17) is 4.74 Å². The van der Waals surface area contributed by atoms with Gasteiger partial charge in [-0.2, -0.15) is 5.10 Å². The fourth-order valence-corrected chi connectivity index (χ4v) is 3.04. The first-order valence-corrected chi connectivity index (χ1v) is 9.34. The van der Waals surface area contributed by atoms with Crippen LogP contribution in [0.15, 0.2) is 41.2 Å². The number of aromatic nitrogens is 4. The second-order valence-corrected chi connectivity index (χ2v) is 6.64. The van der Waals surface area contributed by atoms with Gasteiger partial charge in [-0.15, -0.1) is 10.2 Å². The smallest absolute Gasteiger partial charge is 0.267 e. The number of carbonyl (C=O) groups is 1. The molecule has 1 N–H and O–H groups in total. The predicted octanol–water partition coefficient (Wildman–Crippen LogP) is 2.36. The van der Waals surface area contributed by atoms with E-state index < -0.39 is 0 Å². The highest BCUT2D eigenvalue weighted by molar-refractivity contribution is 7.15. The Labute approximate surface area is 159 Å². The summed E-state index contributed by atoms with van der Waals surface area (Å²) in [6, 6.07) is 10.4. The van der Waals surface area contributed by atoms with Crippen LogP contribution in [0.3, 0.4) is 0 Å². The van der Waals surface area contributed by atoms with E-state index in [9.17, 15) is 9.59 Å². The molecule has 0 radical (unpaired) electrons. The normalized spacial score (nSPS) is 10.6. The summed E-state index contributed by atoms with van der Waals surface area (Å²) in [5.41, 5.74) is 1.06. The fraction of sp³-hybridized carbons (Fsp3) is 0.278. The third-order valence-corrected chi connectivity index (χ3v) is 4.62. The minimum absolute atomic E-state index is 0.204. The van der Waals surface area contributed by atoms with Crippen LogP contribution in [0.4, 0.5) is 5.13 Å².